The van der Waals surface area contributed by atoms with Gasteiger partial charge in [0, 0.05) is 0 Å². The van der Waals surface area contributed by atoms with Crippen LogP contribution in [-0.4, -0.2) is 17.9 Å². The van der Waals surface area contributed by atoms with Crippen LogP contribution in [0.25, 0.3) is 0 Å². The van der Waals surface area contributed by atoms with Crippen molar-refractivity contribution >= 4 is 23.2 Å². The molecule has 2 heterocycles. The van der Waals surface area contributed by atoms with E-state index >= 15 is 0 Å². The molecule has 5 rings (SSSR count). The molecule has 3 atom stereocenters. The number of amides is 2. The van der Waals surface area contributed by atoms with E-state index in [1.807, 2.05) is 93.6 Å². The molecule has 2 amide bonds. The molecule has 5 heteroatoms. The number of aryl methyl sites for hydroxylation is 3. The molecule has 2 aliphatic rings. The maximum Gasteiger partial charge on any atom is 0.266 e. The van der Waals surface area contributed by atoms with Gasteiger partial charge < -0.3 is 0 Å². The summed E-state index contributed by atoms with van der Waals surface area (Å²) in [5, 5.41) is 1.73. The van der Waals surface area contributed by atoms with Crippen molar-refractivity contribution in [2.24, 2.45) is 5.92 Å². The Kier molecular flexibility index (Phi) is 4.63. The van der Waals surface area contributed by atoms with Gasteiger partial charge in [0.25, 0.3) is 5.91 Å². The predicted octanol–water partition coefficient (Wildman–Crippen LogP) is 4.66. The summed E-state index contributed by atoms with van der Waals surface area (Å²) >= 11 is 0. The average Bonchev–Trinajstić information content (AvgIpc) is 3.26. The summed E-state index contributed by atoms with van der Waals surface area (Å²) in [6.45, 7) is 5.94. The zero-order chi connectivity index (χ0) is 21.7. The number of imide groups is 1. The van der Waals surface area contributed by atoms with Gasteiger partial charge in [0.2, 0.25) is 5.91 Å². The third-order valence-corrected chi connectivity index (χ3v) is 6.14. The molecule has 0 aromatic heterocycles. The molecule has 2 aliphatic heterocycles. The summed E-state index contributed by atoms with van der Waals surface area (Å²) < 4.78 is 0. The van der Waals surface area contributed by atoms with E-state index in [-0.39, 0.29) is 17.9 Å². The van der Waals surface area contributed by atoms with Crippen molar-refractivity contribution in [2.75, 3.05) is 9.96 Å². The number of hydroxylamine groups is 1. The highest BCUT2D eigenvalue weighted by Gasteiger charge is 2.60. The maximum atomic E-state index is 13.7. The minimum Gasteiger partial charge on any atom is -0.273 e. The number of fused-ring (bicyclic) bond motifs is 1. The lowest BCUT2D eigenvalue weighted by atomic mass is 9.90. The van der Waals surface area contributed by atoms with Gasteiger partial charge in [0.05, 0.1) is 17.4 Å². The summed E-state index contributed by atoms with van der Waals surface area (Å²) in [6.07, 6.45) is -0.847. The molecule has 2 fully saturated rings. The van der Waals surface area contributed by atoms with Crippen LogP contribution in [0.15, 0.2) is 72.8 Å². The molecule has 0 N–H and O–H groups in total. The van der Waals surface area contributed by atoms with Crippen LogP contribution in [0.1, 0.15) is 28.3 Å². The van der Waals surface area contributed by atoms with Gasteiger partial charge in [0.1, 0.15) is 5.92 Å². The van der Waals surface area contributed by atoms with Crippen LogP contribution < -0.4 is 9.96 Å². The second kappa shape index (κ2) is 7.36. The van der Waals surface area contributed by atoms with Crippen LogP contribution in [0.5, 0.6) is 0 Å². The number of rotatable bonds is 3. The Bertz CT molecular complexity index is 1160. The Labute approximate surface area is 181 Å². The first-order valence-electron chi connectivity index (χ1n) is 10.5. The third-order valence-electron chi connectivity index (χ3n) is 6.14. The van der Waals surface area contributed by atoms with Crippen molar-refractivity contribution < 1.29 is 14.4 Å². The number of anilines is 2. The quantitative estimate of drug-likeness (QED) is 0.587. The van der Waals surface area contributed by atoms with Crippen molar-refractivity contribution in [3.8, 4) is 0 Å². The van der Waals surface area contributed by atoms with Crippen LogP contribution in [0.2, 0.25) is 0 Å². The van der Waals surface area contributed by atoms with Crippen LogP contribution in [0.4, 0.5) is 11.4 Å². The maximum absolute atomic E-state index is 13.7. The number of hydrogen-bond donors (Lipinski definition) is 0. The van der Waals surface area contributed by atoms with E-state index in [9.17, 15) is 9.59 Å². The summed E-state index contributed by atoms with van der Waals surface area (Å²) in [6, 6.07) is 23.1. The SMILES string of the molecule is Cc1ccc([C@@H]2[C@@H]3C(=O)N(c4ccc(C)cc4C)C(=O)[C@@H]3ON2c2ccccc2)cc1. The molecule has 0 radical (unpaired) electrons. The minimum absolute atomic E-state index is 0.217. The Morgan fingerprint density at radius 2 is 1.45 bits per heavy atom. The summed E-state index contributed by atoms with van der Waals surface area (Å²) in [4.78, 5) is 34.6. The van der Waals surface area contributed by atoms with E-state index in [0.29, 0.717) is 5.69 Å². The molecule has 5 nitrogen and oxygen atoms in total. The van der Waals surface area contributed by atoms with Crippen molar-refractivity contribution in [3.05, 3.63) is 95.1 Å². The van der Waals surface area contributed by atoms with Gasteiger partial charge in [-0.15, -0.1) is 0 Å². The van der Waals surface area contributed by atoms with E-state index < -0.39 is 12.0 Å². The first-order valence-corrected chi connectivity index (χ1v) is 10.5. The van der Waals surface area contributed by atoms with Gasteiger partial charge in [-0.2, -0.15) is 0 Å². The summed E-state index contributed by atoms with van der Waals surface area (Å²) in [5.41, 5.74) is 5.52. The molecular weight excluding hydrogens is 388 g/mol. The second-order valence-corrected chi connectivity index (χ2v) is 8.37. The van der Waals surface area contributed by atoms with Gasteiger partial charge in [-0.1, -0.05) is 65.7 Å². The van der Waals surface area contributed by atoms with Gasteiger partial charge in [-0.3, -0.25) is 14.4 Å². The fourth-order valence-electron chi connectivity index (χ4n) is 4.61. The molecular formula is C26H24N2O3. The number of nitrogens with zero attached hydrogens (tertiary/aromatic N) is 2. The lowest BCUT2D eigenvalue weighted by Gasteiger charge is -2.29. The number of hydrogen-bond acceptors (Lipinski definition) is 4. The molecule has 0 bridgehead atoms. The van der Waals surface area contributed by atoms with Crippen molar-refractivity contribution in [2.45, 2.75) is 32.9 Å². The molecule has 3 aromatic carbocycles. The number of para-hydroxylation sites is 1. The number of benzene rings is 3. The first kappa shape index (κ1) is 19.5. The average molecular weight is 412 g/mol. The fourth-order valence-corrected chi connectivity index (χ4v) is 4.61. The zero-order valence-corrected chi connectivity index (χ0v) is 17.8. The highest BCUT2D eigenvalue weighted by atomic mass is 16.7. The Morgan fingerprint density at radius 3 is 2.13 bits per heavy atom. The molecule has 0 spiro atoms. The lowest BCUT2D eigenvalue weighted by molar-refractivity contribution is -0.126. The molecule has 156 valence electrons. The van der Waals surface area contributed by atoms with Gasteiger partial charge in [-0.05, 0) is 50.1 Å². The van der Waals surface area contributed by atoms with E-state index in [2.05, 4.69) is 0 Å². The normalized spacial score (nSPS) is 22.9. The van der Waals surface area contributed by atoms with Crippen LogP contribution in [0, 0.1) is 26.7 Å². The smallest absolute Gasteiger partial charge is 0.266 e. The minimum atomic E-state index is -0.847. The molecule has 2 saturated heterocycles. The summed E-state index contributed by atoms with van der Waals surface area (Å²) in [5.74, 6) is -1.14. The monoisotopic (exact) mass is 412 g/mol. The van der Waals surface area contributed by atoms with Crippen LogP contribution >= 0.6 is 0 Å². The van der Waals surface area contributed by atoms with Crippen LogP contribution in [0.3, 0.4) is 0 Å². The standard InChI is InChI=1S/C26H24N2O3/c1-16-9-12-19(13-10-16)23-22-24(31-28(23)20-7-5-4-6-8-20)26(30)27(25(22)29)21-14-11-17(2)15-18(21)3/h4-15,22-24H,1-3H3/t22-,23+,24+/m0/s1. The van der Waals surface area contributed by atoms with Gasteiger partial charge >= 0.3 is 0 Å². The molecule has 0 saturated carbocycles. The van der Waals surface area contributed by atoms with E-state index in [0.717, 1.165) is 27.9 Å². The van der Waals surface area contributed by atoms with Crippen molar-refractivity contribution in [1.82, 2.24) is 0 Å². The Morgan fingerprint density at radius 1 is 0.774 bits per heavy atom. The lowest BCUT2D eigenvalue weighted by Crippen LogP contribution is -2.37. The van der Waals surface area contributed by atoms with Gasteiger partial charge in [0.15, 0.2) is 6.10 Å². The first-order chi connectivity index (χ1) is 15.0. The number of carbonyl (C=O) groups excluding carboxylic acids is 2. The molecule has 31 heavy (non-hydrogen) atoms. The number of carbonyl (C=O) groups is 2. The Balaban J connectivity index is 1.59. The van der Waals surface area contributed by atoms with E-state index in [1.54, 1.807) is 5.06 Å². The predicted molar refractivity (Wildman–Crippen MR) is 120 cm³/mol. The molecule has 0 unspecified atom stereocenters. The Hall–Kier alpha value is -3.44. The van der Waals surface area contributed by atoms with E-state index in [4.69, 9.17) is 4.84 Å². The van der Waals surface area contributed by atoms with Gasteiger partial charge in [-0.25, -0.2) is 9.96 Å². The molecule has 0 aliphatic carbocycles. The zero-order valence-electron chi connectivity index (χ0n) is 17.8. The fraction of sp³-hybridized carbons (Fsp3) is 0.231. The van der Waals surface area contributed by atoms with Crippen molar-refractivity contribution in [1.29, 1.82) is 0 Å². The van der Waals surface area contributed by atoms with Crippen LogP contribution in [-0.2, 0) is 14.4 Å². The topological polar surface area (TPSA) is 49.9 Å². The highest BCUT2D eigenvalue weighted by Crippen LogP contribution is 2.47. The second-order valence-electron chi connectivity index (χ2n) is 8.37. The molecule has 3 aromatic rings. The summed E-state index contributed by atoms with van der Waals surface area (Å²) in [7, 11) is 0. The third kappa shape index (κ3) is 3.13. The highest BCUT2D eigenvalue weighted by molar-refractivity contribution is 6.24. The van der Waals surface area contributed by atoms with E-state index in [1.165, 1.54) is 4.90 Å². The van der Waals surface area contributed by atoms with Crippen molar-refractivity contribution in [3.63, 3.8) is 0 Å². The largest absolute Gasteiger partial charge is 0.273 e.